The van der Waals surface area contributed by atoms with Gasteiger partial charge in [0.05, 0.1) is 16.4 Å². The molecule has 2 aromatic carbocycles. The molecule has 8 nitrogen and oxygen atoms in total. The number of fused-ring (bicyclic) bond motifs is 2. The molecule has 0 spiro atoms. The molecule has 5 rings (SSSR count). The number of hydrogen-bond acceptors (Lipinski definition) is 6. The number of carbonyl (C=O) groups excluding carboxylic acids is 3. The van der Waals surface area contributed by atoms with E-state index in [9.17, 15) is 27.6 Å². The van der Waals surface area contributed by atoms with Crippen LogP contribution in [0.5, 0.6) is 0 Å². The molecule has 3 heterocycles. The van der Waals surface area contributed by atoms with Crippen molar-refractivity contribution in [3.63, 3.8) is 0 Å². The molecule has 34 heavy (non-hydrogen) atoms. The van der Waals surface area contributed by atoms with Gasteiger partial charge < -0.3 is 15.2 Å². The highest BCUT2D eigenvalue weighted by atomic mass is 35.5. The van der Waals surface area contributed by atoms with Crippen molar-refractivity contribution in [1.29, 1.82) is 0 Å². The summed E-state index contributed by atoms with van der Waals surface area (Å²) < 4.78 is 46.9. The summed E-state index contributed by atoms with van der Waals surface area (Å²) in [4.78, 5) is 41.0. The molecule has 13 heteroatoms. The van der Waals surface area contributed by atoms with Gasteiger partial charge in [0.15, 0.2) is 17.9 Å². The zero-order valence-corrected chi connectivity index (χ0v) is 18.3. The lowest BCUT2D eigenvalue weighted by Gasteiger charge is -2.27. The minimum Gasteiger partial charge on any atom is -0.342 e. The molecule has 0 radical (unpaired) electrons. The number of imidazole rings is 1. The Morgan fingerprint density at radius 3 is 2.79 bits per heavy atom. The van der Waals surface area contributed by atoms with E-state index >= 15 is 0 Å². The Bertz CT molecular complexity index is 1520. The second kappa shape index (κ2) is 8.22. The molecule has 172 valence electrons. The molecular weight excluding hydrogens is 495 g/mol. The third-order valence-corrected chi connectivity index (χ3v) is 6.45. The number of nitrogens with zero attached hydrogens (tertiary/aromatic N) is 3. The van der Waals surface area contributed by atoms with E-state index in [4.69, 9.17) is 11.6 Å². The lowest BCUT2D eigenvalue weighted by molar-refractivity contribution is -0.123. The molecule has 0 bridgehead atoms. The summed E-state index contributed by atoms with van der Waals surface area (Å²) in [7, 11) is 0. The molecule has 0 fully saturated rings. The van der Waals surface area contributed by atoms with Gasteiger partial charge in [-0.05, 0) is 35.8 Å². The van der Waals surface area contributed by atoms with E-state index in [2.05, 4.69) is 20.0 Å². The first kappa shape index (κ1) is 22.0. The van der Waals surface area contributed by atoms with Gasteiger partial charge in [-0.1, -0.05) is 11.6 Å². The molecule has 2 N–H and O–H groups in total. The number of carbonyl (C=O) groups is 3. The number of aromatic nitrogens is 3. The molecule has 1 aliphatic heterocycles. The number of amides is 2. The standard InChI is InChI=1S/C21H11ClF3N5O3S/c22-12-2-1-8(23)3-10(12)16-18-20(26-14(7-31)30(18)6-15(32)27-16)28-21(33)17-11-4-9(24)5-13(25)19(11)34-29-17/h1-5,7,16H,6H2,(H,27,32)(H,28,33). The molecule has 1 aliphatic rings. The van der Waals surface area contributed by atoms with Crippen LogP contribution in [0.1, 0.15) is 38.4 Å². The SMILES string of the molecule is O=Cc1nc(NC(=O)c2nsc3c(F)cc(F)cc23)c2n1CC(=O)NC2c1cc(F)ccc1Cl. The van der Waals surface area contributed by atoms with Crippen LogP contribution in [-0.4, -0.2) is 32.0 Å². The molecular formula is C21H11ClF3N5O3S. The van der Waals surface area contributed by atoms with Crippen LogP contribution in [0.2, 0.25) is 5.02 Å². The van der Waals surface area contributed by atoms with E-state index in [0.717, 1.165) is 18.2 Å². The van der Waals surface area contributed by atoms with E-state index < -0.39 is 35.3 Å². The first-order valence-corrected chi connectivity index (χ1v) is 10.8. The van der Waals surface area contributed by atoms with Gasteiger partial charge in [0.2, 0.25) is 5.91 Å². The van der Waals surface area contributed by atoms with Crippen LogP contribution in [0.15, 0.2) is 30.3 Å². The number of rotatable bonds is 4. The number of benzene rings is 2. The second-order valence-electron chi connectivity index (χ2n) is 7.32. The summed E-state index contributed by atoms with van der Waals surface area (Å²) in [6, 6.07) is 4.16. The van der Waals surface area contributed by atoms with Gasteiger partial charge in [-0.25, -0.2) is 18.2 Å². The lowest BCUT2D eigenvalue weighted by Crippen LogP contribution is -2.40. The highest BCUT2D eigenvalue weighted by Gasteiger charge is 2.34. The van der Waals surface area contributed by atoms with Crippen LogP contribution in [0.4, 0.5) is 19.0 Å². The third-order valence-electron chi connectivity index (χ3n) is 5.23. The van der Waals surface area contributed by atoms with Gasteiger partial charge in [-0.15, -0.1) is 0 Å². The number of anilines is 1. The Labute approximate surface area is 197 Å². The summed E-state index contributed by atoms with van der Waals surface area (Å²) in [5, 5.41) is 5.23. The monoisotopic (exact) mass is 505 g/mol. The van der Waals surface area contributed by atoms with Gasteiger partial charge in [0, 0.05) is 22.0 Å². The van der Waals surface area contributed by atoms with Gasteiger partial charge >= 0.3 is 0 Å². The smallest absolute Gasteiger partial charge is 0.277 e. The fourth-order valence-electron chi connectivity index (χ4n) is 3.80. The summed E-state index contributed by atoms with van der Waals surface area (Å²) >= 11 is 6.91. The highest BCUT2D eigenvalue weighted by molar-refractivity contribution is 7.13. The second-order valence-corrected chi connectivity index (χ2v) is 8.50. The predicted molar refractivity (Wildman–Crippen MR) is 116 cm³/mol. The van der Waals surface area contributed by atoms with Gasteiger partial charge in [0.1, 0.15) is 29.7 Å². The Balaban J connectivity index is 1.62. The number of halogens is 4. The molecule has 4 aromatic rings. The Morgan fingerprint density at radius 1 is 1.24 bits per heavy atom. The van der Waals surface area contributed by atoms with Crippen molar-refractivity contribution in [2.24, 2.45) is 0 Å². The van der Waals surface area contributed by atoms with Crippen molar-refractivity contribution in [2.75, 3.05) is 5.32 Å². The Morgan fingerprint density at radius 2 is 2.03 bits per heavy atom. The van der Waals surface area contributed by atoms with Crippen molar-refractivity contribution in [3.8, 4) is 0 Å². The third kappa shape index (κ3) is 3.60. The molecule has 1 unspecified atom stereocenters. The minimum absolute atomic E-state index is 0.0105. The van der Waals surface area contributed by atoms with Gasteiger partial charge in [-0.3, -0.25) is 14.4 Å². The molecule has 0 saturated heterocycles. The summed E-state index contributed by atoms with van der Waals surface area (Å²) in [6.07, 6.45) is 0.394. The maximum Gasteiger partial charge on any atom is 0.277 e. The Hall–Kier alpha value is -3.77. The Kier molecular flexibility index (Phi) is 5.33. The molecule has 0 aliphatic carbocycles. The number of nitrogens with one attached hydrogen (secondary N) is 2. The number of hydrogen-bond donors (Lipinski definition) is 2. The van der Waals surface area contributed by atoms with E-state index in [0.29, 0.717) is 23.9 Å². The summed E-state index contributed by atoms with van der Waals surface area (Å²) in [5.41, 5.74) is 0.0829. The van der Waals surface area contributed by atoms with Crippen molar-refractivity contribution in [2.45, 2.75) is 12.6 Å². The van der Waals surface area contributed by atoms with Crippen LogP contribution in [-0.2, 0) is 11.3 Å². The average molecular weight is 506 g/mol. The van der Waals surface area contributed by atoms with Crippen molar-refractivity contribution < 1.29 is 27.6 Å². The zero-order chi connectivity index (χ0) is 24.1. The van der Waals surface area contributed by atoms with Crippen LogP contribution in [0.25, 0.3) is 10.1 Å². The maximum absolute atomic E-state index is 14.0. The van der Waals surface area contributed by atoms with E-state index in [1.54, 1.807) is 0 Å². The van der Waals surface area contributed by atoms with E-state index in [-0.39, 0.29) is 50.2 Å². The van der Waals surface area contributed by atoms with Gasteiger partial charge in [-0.2, -0.15) is 4.37 Å². The minimum atomic E-state index is -1.05. The first-order valence-electron chi connectivity index (χ1n) is 9.62. The van der Waals surface area contributed by atoms with Crippen LogP contribution >= 0.6 is 23.1 Å². The predicted octanol–water partition coefficient (Wildman–Crippen LogP) is 3.85. The van der Waals surface area contributed by atoms with Crippen molar-refractivity contribution in [3.05, 3.63) is 75.6 Å². The topological polar surface area (TPSA) is 106 Å². The summed E-state index contributed by atoms with van der Waals surface area (Å²) in [6.45, 7) is -0.286. The van der Waals surface area contributed by atoms with Gasteiger partial charge in [0.25, 0.3) is 5.91 Å². The molecule has 2 amide bonds. The fraction of sp³-hybridized carbons (Fsp3) is 0.0952. The first-order chi connectivity index (χ1) is 16.3. The van der Waals surface area contributed by atoms with Crippen LogP contribution in [0.3, 0.4) is 0 Å². The normalized spacial score (nSPS) is 15.2. The zero-order valence-electron chi connectivity index (χ0n) is 16.7. The number of aldehydes is 1. The maximum atomic E-state index is 14.0. The summed E-state index contributed by atoms with van der Waals surface area (Å²) in [5.74, 6) is -4.01. The molecule has 0 saturated carbocycles. The van der Waals surface area contributed by atoms with Crippen LogP contribution in [0, 0.1) is 17.5 Å². The van der Waals surface area contributed by atoms with E-state index in [1.165, 1.54) is 10.6 Å². The van der Waals surface area contributed by atoms with Crippen molar-refractivity contribution in [1.82, 2.24) is 19.2 Å². The van der Waals surface area contributed by atoms with E-state index in [1.807, 2.05) is 0 Å². The highest BCUT2D eigenvalue weighted by Crippen LogP contribution is 2.36. The average Bonchev–Trinajstić information content (AvgIpc) is 3.36. The largest absolute Gasteiger partial charge is 0.342 e. The van der Waals surface area contributed by atoms with Crippen molar-refractivity contribution >= 4 is 57.1 Å². The lowest BCUT2D eigenvalue weighted by atomic mass is 10.0. The quantitative estimate of drug-likeness (QED) is 0.410. The molecule has 1 atom stereocenters. The molecule has 2 aromatic heterocycles. The fourth-order valence-corrected chi connectivity index (χ4v) is 4.79. The van der Waals surface area contributed by atoms with Crippen LogP contribution < -0.4 is 10.6 Å².